The van der Waals surface area contributed by atoms with Gasteiger partial charge in [-0.3, -0.25) is 14.6 Å². The molecule has 86 valence electrons. The van der Waals surface area contributed by atoms with Crippen LogP contribution in [0.5, 0.6) is 0 Å². The first kappa shape index (κ1) is 12.2. The van der Waals surface area contributed by atoms with E-state index in [0.717, 1.165) is 5.69 Å². The largest absolute Gasteiger partial charge is 0.468 e. The lowest BCUT2D eigenvalue weighted by atomic mass is 10.2. The molecule has 5 heteroatoms. The normalized spacial score (nSPS) is 9.69. The molecule has 0 saturated carbocycles. The van der Waals surface area contributed by atoms with Gasteiger partial charge in [0, 0.05) is 5.69 Å². The summed E-state index contributed by atoms with van der Waals surface area (Å²) in [5.41, 5.74) is 1.96. The zero-order chi connectivity index (χ0) is 12.1. The van der Waals surface area contributed by atoms with Crippen LogP contribution in [-0.2, 0) is 9.53 Å². The maximum absolute atomic E-state index is 11.6. The number of aryl methyl sites for hydroxylation is 2. The Kier molecular flexibility index (Phi) is 3.99. The van der Waals surface area contributed by atoms with Crippen LogP contribution in [0.15, 0.2) is 12.1 Å². The second-order valence-electron chi connectivity index (χ2n) is 3.34. The Morgan fingerprint density at radius 1 is 1.38 bits per heavy atom. The van der Waals surface area contributed by atoms with Gasteiger partial charge in [0.05, 0.1) is 18.4 Å². The number of nitrogens with one attached hydrogen (secondary N) is 1. The van der Waals surface area contributed by atoms with Crippen LogP contribution in [0.4, 0.5) is 0 Å². The molecule has 0 aliphatic heterocycles. The average molecular weight is 222 g/mol. The molecule has 1 N–H and O–H groups in total. The number of carbonyl (C=O) groups excluding carboxylic acids is 2. The van der Waals surface area contributed by atoms with Gasteiger partial charge in [0.2, 0.25) is 0 Å². The van der Waals surface area contributed by atoms with Gasteiger partial charge in [0.1, 0.15) is 6.54 Å². The van der Waals surface area contributed by atoms with Crippen molar-refractivity contribution in [1.29, 1.82) is 0 Å². The molecule has 0 bridgehead atoms. The van der Waals surface area contributed by atoms with Crippen molar-refractivity contribution >= 4 is 11.9 Å². The van der Waals surface area contributed by atoms with Crippen molar-refractivity contribution < 1.29 is 14.3 Å². The lowest BCUT2D eigenvalue weighted by Crippen LogP contribution is -2.30. The maximum Gasteiger partial charge on any atom is 0.325 e. The van der Waals surface area contributed by atoms with E-state index in [2.05, 4.69) is 15.0 Å². The molecule has 1 aromatic heterocycles. The van der Waals surface area contributed by atoms with E-state index in [1.54, 1.807) is 19.1 Å². The Bertz CT molecular complexity index is 416. The molecule has 0 aromatic carbocycles. The molecule has 0 atom stereocenters. The standard InChI is InChI=1S/C11H14N2O3/c1-7-4-5-9(8(2)13-7)11(15)12-6-10(14)16-3/h4-5H,6H2,1-3H3,(H,12,15). The van der Waals surface area contributed by atoms with Crippen LogP contribution in [0, 0.1) is 13.8 Å². The van der Waals surface area contributed by atoms with Crippen molar-refractivity contribution in [3.8, 4) is 0 Å². The Labute approximate surface area is 93.8 Å². The number of methoxy groups -OCH3 is 1. The van der Waals surface area contributed by atoms with Crippen molar-refractivity contribution in [2.45, 2.75) is 13.8 Å². The number of nitrogens with zero attached hydrogens (tertiary/aromatic N) is 1. The van der Waals surface area contributed by atoms with Crippen LogP contribution >= 0.6 is 0 Å². The topological polar surface area (TPSA) is 68.3 Å². The van der Waals surface area contributed by atoms with Gasteiger partial charge in [0.15, 0.2) is 0 Å². The fraction of sp³-hybridized carbons (Fsp3) is 0.364. The third-order valence-corrected chi connectivity index (χ3v) is 2.09. The van der Waals surface area contributed by atoms with Crippen LogP contribution in [0.2, 0.25) is 0 Å². The molecule has 0 fully saturated rings. The van der Waals surface area contributed by atoms with Gasteiger partial charge >= 0.3 is 5.97 Å². The van der Waals surface area contributed by atoms with Crippen LogP contribution in [0.25, 0.3) is 0 Å². The molecule has 0 aliphatic rings. The molecule has 0 saturated heterocycles. The summed E-state index contributed by atoms with van der Waals surface area (Å²) >= 11 is 0. The Morgan fingerprint density at radius 3 is 2.62 bits per heavy atom. The SMILES string of the molecule is COC(=O)CNC(=O)c1ccc(C)nc1C. The van der Waals surface area contributed by atoms with E-state index in [1.807, 2.05) is 6.92 Å². The third-order valence-electron chi connectivity index (χ3n) is 2.09. The maximum atomic E-state index is 11.6. The number of rotatable bonds is 3. The molecule has 0 unspecified atom stereocenters. The molecule has 1 amide bonds. The molecule has 0 radical (unpaired) electrons. The molecule has 1 rings (SSSR count). The van der Waals surface area contributed by atoms with Gasteiger partial charge < -0.3 is 10.1 Å². The number of aromatic nitrogens is 1. The molecule has 0 aliphatic carbocycles. The second-order valence-corrected chi connectivity index (χ2v) is 3.34. The number of hydrogen-bond donors (Lipinski definition) is 1. The molecule has 5 nitrogen and oxygen atoms in total. The van der Waals surface area contributed by atoms with Gasteiger partial charge in [-0.05, 0) is 26.0 Å². The third kappa shape index (κ3) is 3.05. The molecule has 16 heavy (non-hydrogen) atoms. The van der Waals surface area contributed by atoms with E-state index >= 15 is 0 Å². The van der Waals surface area contributed by atoms with Gasteiger partial charge in [-0.1, -0.05) is 0 Å². The van der Waals surface area contributed by atoms with Gasteiger partial charge in [-0.15, -0.1) is 0 Å². The summed E-state index contributed by atoms with van der Waals surface area (Å²) in [5, 5.41) is 2.46. The monoisotopic (exact) mass is 222 g/mol. The summed E-state index contributed by atoms with van der Waals surface area (Å²) in [7, 11) is 1.27. The number of esters is 1. The lowest BCUT2D eigenvalue weighted by molar-refractivity contribution is -0.139. The first-order valence-electron chi connectivity index (χ1n) is 4.84. The molecular formula is C11H14N2O3. The van der Waals surface area contributed by atoms with E-state index in [9.17, 15) is 9.59 Å². The Morgan fingerprint density at radius 2 is 2.06 bits per heavy atom. The van der Waals surface area contributed by atoms with Crippen LogP contribution < -0.4 is 5.32 Å². The highest BCUT2D eigenvalue weighted by atomic mass is 16.5. The van der Waals surface area contributed by atoms with E-state index in [0.29, 0.717) is 11.3 Å². The predicted octanol–water partition coefficient (Wildman–Crippen LogP) is 0.601. The molecule has 1 heterocycles. The van der Waals surface area contributed by atoms with E-state index in [1.165, 1.54) is 7.11 Å². The van der Waals surface area contributed by atoms with Crippen molar-refractivity contribution in [2.24, 2.45) is 0 Å². The summed E-state index contributed by atoms with van der Waals surface area (Å²) in [6, 6.07) is 3.43. The molecular weight excluding hydrogens is 208 g/mol. The van der Waals surface area contributed by atoms with Crippen molar-refractivity contribution in [3.05, 3.63) is 29.1 Å². The summed E-state index contributed by atoms with van der Waals surface area (Å²) in [4.78, 5) is 26.6. The Balaban J connectivity index is 2.70. The quantitative estimate of drug-likeness (QED) is 0.760. The Hall–Kier alpha value is -1.91. The van der Waals surface area contributed by atoms with Crippen LogP contribution in [-0.4, -0.2) is 30.5 Å². The van der Waals surface area contributed by atoms with Crippen molar-refractivity contribution in [2.75, 3.05) is 13.7 Å². The van der Waals surface area contributed by atoms with E-state index < -0.39 is 5.97 Å². The summed E-state index contributed by atoms with van der Waals surface area (Å²) in [6.07, 6.45) is 0. The zero-order valence-electron chi connectivity index (χ0n) is 9.53. The summed E-state index contributed by atoms with van der Waals surface area (Å²) in [6.45, 7) is 3.46. The number of hydrogen-bond acceptors (Lipinski definition) is 4. The second kappa shape index (κ2) is 5.25. The fourth-order valence-electron chi connectivity index (χ4n) is 1.25. The highest BCUT2D eigenvalue weighted by Crippen LogP contribution is 2.05. The van der Waals surface area contributed by atoms with Crippen LogP contribution in [0.3, 0.4) is 0 Å². The first-order chi connectivity index (χ1) is 7.54. The number of pyridine rings is 1. The first-order valence-corrected chi connectivity index (χ1v) is 4.84. The van der Waals surface area contributed by atoms with E-state index in [4.69, 9.17) is 0 Å². The smallest absolute Gasteiger partial charge is 0.325 e. The lowest BCUT2D eigenvalue weighted by Gasteiger charge is -2.06. The fourth-order valence-corrected chi connectivity index (χ4v) is 1.25. The molecule has 1 aromatic rings. The minimum absolute atomic E-state index is 0.136. The summed E-state index contributed by atoms with van der Waals surface area (Å²) < 4.78 is 4.42. The number of ether oxygens (including phenoxy) is 1. The minimum Gasteiger partial charge on any atom is -0.468 e. The van der Waals surface area contributed by atoms with Crippen molar-refractivity contribution in [1.82, 2.24) is 10.3 Å². The molecule has 0 spiro atoms. The van der Waals surface area contributed by atoms with Crippen molar-refractivity contribution in [3.63, 3.8) is 0 Å². The average Bonchev–Trinajstić information content (AvgIpc) is 2.25. The highest BCUT2D eigenvalue weighted by molar-refractivity contribution is 5.96. The zero-order valence-corrected chi connectivity index (χ0v) is 9.53. The predicted molar refractivity (Wildman–Crippen MR) is 58.1 cm³/mol. The van der Waals surface area contributed by atoms with Crippen LogP contribution in [0.1, 0.15) is 21.7 Å². The van der Waals surface area contributed by atoms with E-state index in [-0.39, 0.29) is 12.5 Å². The summed E-state index contributed by atoms with van der Waals surface area (Å²) in [5.74, 6) is -0.804. The van der Waals surface area contributed by atoms with Gasteiger partial charge in [-0.25, -0.2) is 0 Å². The number of carbonyl (C=O) groups is 2. The van der Waals surface area contributed by atoms with Gasteiger partial charge in [-0.2, -0.15) is 0 Å². The highest BCUT2D eigenvalue weighted by Gasteiger charge is 2.11. The minimum atomic E-state index is -0.480. The number of amides is 1. The van der Waals surface area contributed by atoms with Gasteiger partial charge in [0.25, 0.3) is 5.91 Å².